The Bertz CT molecular complexity index is 471. The first-order chi connectivity index (χ1) is 9.56. The molecule has 0 atom stereocenters. The number of carbonyl (C=O) groups is 1. The average Bonchev–Trinajstić information content (AvgIpc) is 2.42. The van der Waals surface area contributed by atoms with E-state index in [-0.39, 0.29) is 5.56 Å². The summed E-state index contributed by atoms with van der Waals surface area (Å²) < 4.78 is 5.63. The van der Waals surface area contributed by atoms with Crippen molar-refractivity contribution in [3.05, 3.63) is 23.8 Å². The summed E-state index contributed by atoms with van der Waals surface area (Å²) in [6, 6.07) is 4.54. The van der Waals surface area contributed by atoms with Crippen LogP contribution in [0.2, 0.25) is 0 Å². The topological polar surface area (TPSA) is 79.0 Å². The molecule has 1 fully saturated rings. The first-order valence-corrected chi connectivity index (χ1v) is 6.73. The van der Waals surface area contributed by atoms with Crippen LogP contribution in [0.15, 0.2) is 18.2 Å². The molecule has 1 aromatic rings. The first-order valence-electron chi connectivity index (χ1n) is 6.73. The van der Waals surface area contributed by atoms with Crippen LogP contribution in [0.4, 0.5) is 5.69 Å². The van der Waals surface area contributed by atoms with E-state index in [9.17, 15) is 4.79 Å². The van der Waals surface area contributed by atoms with Crippen LogP contribution in [0, 0.1) is 0 Å². The van der Waals surface area contributed by atoms with Crippen LogP contribution in [0.1, 0.15) is 10.4 Å². The summed E-state index contributed by atoms with van der Waals surface area (Å²) in [4.78, 5) is 15.5. The summed E-state index contributed by atoms with van der Waals surface area (Å²) in [7, 11) is 2.12. The van der Waals surface area contributed by atoms with Crippen molar-refractivity contribution in [3.8, 4) is 5.75 Å². The summed E-state index contributed by atoms with van der Waals surface area (Å²) in [5.41, 5.74) is 6.33. The van der Waals surface area contributed by atoms with Crippen LogP contribution in [0.5, 0.6) is 5.75 Å². The zero-order valence-electron chi connectivity index (χ0n) is 11.7. The first kappa shape index (κ1) is 14.6. The molecular formula is C14H21N3O3. The second kappa shape index (κ2) is 6.58. The lowest BCUT2D eigenvalue weighted by Crippen LogP contribution is -2.45. The highest BCUT2D eigenvalue weighted by molar-refractivity contribution is 5.89. The number of benzene rings is 1. The lowest BCUT2D eigenvalue weighted by molar-refractivity contribution is 0.0697. The maximum absolute atomic E-state index is 10.8. The Morgan fingerprint density at radius 2 is 2.05 bits per heavy atom. The SMILES string of the molecule is CN1CCN(CCOc2ccc(C(=O)O)cc2N)CC1. The molecule has 1 aliphatic heterocycles. The average molecular weight is 279 g/mol. The molecule has 0 unspecified atom stereocenters. The fraction of sp³-hybridized carbons (Fsp3) is 0.500. The number of likely N-dealkylation sites (N-methyl/N-ethyl adjacent to an activating group) is 1. The molecule has 0 aromatic heterocycles. The molecular weight excluding hydrogens is 258 g/mol. The minimum atomic E-state index is -0.985. The number of anilines is 1. The van der Waals surface area contributed by atoms with E-state index in [2.05, 4.69) is 16.8 Å². The predicted octanol–water partition coefficient (Wildman–Crippen LogP) is 0.593. The standard InChI is InChI=1S/C14H21N3O3/c1-16-4-6-17(7-5-16)8-9-20-13-3-2-11(14(18)19)10-12(13)15/h2-3,10H,4-9,15H2,1H3,(H,18,19). The molecule has 0 radical (unpaired) electrons. The van der Waals surface area contributed by atoms with Crippen molar-refractivity contribution < 1.29 is 14.6 Å². The quantitative estimate of drug-likeness (QED) is 0.768. The number of carboxylic acids is 1. The van der Waals surface area contributed by atoms with Crippen molar-refractivity contribution in [1.29, 1.82) is 0 Å². The van der Waals surface area contributed by atoms with Gasteiger partial charge in [0.2, 0.25) is 0 Å². The number of ether oxygens (including phenoxy) is 1. The van der Waals surface area contributed by atoms with Crippen molar-refractivity contribution in [2.24, 2.45) is 0 Å². The van der Waals surface area contributed by atoms with Crippen LogP contribution in [-0.4, -0.2) is 67.3 Å². The number of hydrogen-bond donors (Lipinski definition) is 2. The summed E-state index contributed by atoms with van der Waals surface area (Å²) in [5.74, 6) is -0.440. The molecule has 1 aromatic carbocycles. The van der Waals surface area contributed by atoms with Gasteiger partial charge in [0.1, 0.15) is 12.4 Å². The fourth-order valence-electron chi connectivity index (χ4n) is 2.17. The van der Waals surface area contributed by atoms with E-state index in [0.717, 1.165) is 32.7 Å². The number of nitrogens with two attached hydrogens (primary N) is 1. The van der Waals surface area contributed by atoms with Crippen molar-refractivity contribution >= 4 is 11.7 Å². The highest BCUT2D eigenvalue weighted by atomic mass is 16.5. The third-order valence-electron chi connectivity index (χ3n) is 3.52. The van der Waals surface area contributed by atoms with Crippen LogP contribution in [0.3, 0.4) is 0 Å². The van der Waals surface area contributed by atoms with Crippen LogP contribution in [-0.2, 0) is 0 Å². The molecule has 0 bridgehead atoms. The molecule has 1 heterocycles. The van der Waals surface area contributed by atoms with Gasteiger partial charge in [-0.1, -0.05) is 0 Å². The molecule has 1 saturated heterocycles. The van der Waals surface area contributed by atoms with Crippen molar-refractivity contribution in [3.63, 3.8) is 0 Å². The predicted molar refractivity (Wildman–Crippen MR) is 77.2 cm³/mol. The number of aromatic carboxylic acids is 1. The molecule has 2 rings (SSSR count). The van der Waals surface area contributed by atoms with Gasteiger partial charge in [-0.25, -0.2) is 4.79 Å². The highest BCUT2D eigenvalue weighted by Crippen LogP contribution is 2.22. The van der Waals surface area contributed by atoms with Crippen LogP contribution >= 0.6 is 0 Å². The molecule has 0 amide bonds. The second-order valence-corrected chi connectivity index (χ2v) is 5.05. The Morgan fingerprint density at radius 3 is 2.65 bits per heavy atom. The van der Waals surface area contributed by atoms with Gasteiger partial charge in [0.25, 0.3) is 0 Å². The number of hydrogen-bond acceptors (Lipinski definition) is 5. The number of nitrogens with zero attached hydrogens (tertiary/aromatic N) is 2. The molecule has 0 aliphatic carbocycles. The monoisotopic (exact) mass is 279 g/mol. The number of rotatable bonds is 5. The second-order valence-electron chi connectivity index (χ2n) is 5.05. The number of nitrogen functional groups attached to an aromatic ring is 1. The fourth-order valence-corrected chi connectivity index (χ4v) is 2.17. The van der Waals surface area contributed by atoms with Gasteiger partial charge in [0, 0.05) is 32.7 Å². The smallest absolute Gasteiger partial charge is 0.335 e. The van der Waals surface area contributed by atoms with Gasteiger partial charge in [0.05, 0.1) is 11.3 Å². The number of piperazine rings is 1. The molecule has 0 spiro atoms. The van der Waals surface area contributed by atoms with E-state index in [1.807, 2.05) is 0 Å². The van der Waals surface area contributed by atoms with E-state index < -0.39 is 5.97 Å². The Morgan fingerprint density at radius 1 is 1.35 bits per heavy atom. The van der Waals surface area contributed by atoms with E-state index in [1.54, 1.807) is 6.07 Å². The Kier molecular flexibility index (Phi) is 4.81. The van der Waals surface area contributed by atoms with Gasteiger partial charge in [-0.2, -0.15) is 0 Å². The van der Waals surface area contributed by atoms with E-state index >= 15 is 0 Å². The van der Waals surface area contributed by atoms with Gasteiger partial charge in [-0.15, -0.1) is 0 Å². The maximum Gasteiger partial charge on any atom is 0.335 e. The minimum Gasteiger partial charge on any atom is -0.490 e. The van der Waals surface area contributed by atoms with Crippen molar-refractivity contribution in [2.75, 3.05) is 52.1 Å². The van der Waals surface area contributed by atoms with Gasteiger partial charge >= 0.3 is 5.97 Å². The maximum atomic E-state index is 10.8. The molecule has 6 heteroatoms. The summed E-state index contributed by atoms with van der Waals surface area (Å²) in [6.45, 7) is 5.67. The molecule has 6 nitrogen and oxygen atoms in total. The van der Waals surface area contributed by atoms with Gasteiger partial charge in [-0.05, 0) is 25.2 Å². The zero-order chi connectivity index (χ0) is 14.5. The normalized spacial score (nSPS) is 17.1. The minimum absolute atomic E-state index is 0.175. The van der Waals surface area contributed by atoms with E-state index in [1.165, 1.54) is 12.1 Å². The Hall–Kier alpha value is -1.79. The molecule has 20 heavy (non-hydrogen) atoms. The molecule has 110 valence electrons. The van der Waals surface area contributed by atoms with Crippen molar-refractivity contribution in [2.45, 2.75) is 0 Å². The summed E-state index contributed by atoms with van der Waals surface area (Å²) >= 11 is 0. The van der Waals surface area contributed by atoms with E-state index in [4.69, 9.17) is 15.6 Å². The van der Waals surface area contributed by atoms with Gasteiger partial charge in [-0.3, -0.25) is 4.90 Å². The molecule has 3 N–H and O–H groups in total. The van der Waals surface area contributed by atoms with Crippen molar-refractivity contribution in [1.82, 2.24) is 9.80 Å². The Labute approximate surface area is 118 Å². The summed E-state index contributed by atoms with van der Waals surface area (Å²) in [6.07, 6.45) is 0. The Balaban J connectivity index is 1.81. The highest BCUT2D eigenvalue weighted by Gasteiger charge is 2.13. The van der Waals surface area contributed by atoms with Crippen LogP contribution in [0.25, 0.3) is 0 Å². The summed E-state index contributed by atoms with van der Waals surface area (Å²) in [5, 5.41) is 8.86. The lowest BCUT2D eigenvalue weighted by Gasteiger charge is -2.32. The number of carboxylic acid groups (broad SMARTS) is 1. The third-order valence-corrected chi connectivity index (χ3v) is 3.52. The zero-order valence-corrected chi connectivity index (χ0v) is 11.7. The van der Waals surface area contributed by atoms with E-state index in [0.29, 0.717) is 18.0 Å². The van der Waals surface area contributed by atoms with Crippen LogP contribution < -0.4 is 10.5 Å². The largest absolute Gasteiger partial charge is 0.490 e. The van der Waals surface area contributed by atoms with Gasteiger partial charge < -0.3 is 20.5 Å². The third kappa shape index (κ3) is 3.85. The lowest BCUT2D eigenvalue weighted by atomic mass is 10.2. The molecule has 0 saturated carbocycles. The molecule has 1 aliphatic rings. The van der Waals surface area contributed by atoms with Gasteiger partial charge in [0.15, 0.2) is 0 Å².